The largest absolute Gasteiger partial charge is 0.374 e. The maximum atomic E-state index is 11.0. The predicted octanol–water partition coefficient (Wildman–Crippen LogP) is 1.23. The summed E-state index contributed by atoms with van der Waals surface area (Å²) >= 11 is -0.107. The fraction of sp³-hybridized carbons (Fsp3) is 0.778. The van der Waals surface area contributed by atoms with Crippen molar-refractivity contribution in [3.05, 3.63) is 12.7 Å². The molecule has 2 unspecified atom stereocenters. The smallest absolute Gasteiger partial charge is 0.185 e. The topological polar surface area (TPSA) is 60.8 Å². The number of nitrogens with zero attached hydrogens (tertiary/aromatic N) is 1. The maximum absolute atomic E-state index is 11.0. The van der Waals surface area contributed by atoms with Crippen LogP contribution in [-0.2, 0) is 11.1 Å². The van der Waals surface area contributed by atoms with Gasteiger partial charge in [-0.3, -0.25) is 0 Å². The summed E-state index contributed by atoms with van der Waals surface area (Å²) in [5, 5.41) is 9.90. The molecular weight excluding hydrogens is 329 g/mol. The van der Waals surface area contributed by atoms with Gasteiger partial charge >= 0.3 is 0 Å². The highest BCUT2D eigenvalue weighted by Crippen LogP contribution is 2.20. The zero-order valence-electron chi connectivity index (χ0n) is 8.86. The molecule has 0 bridgehead atoms. The Labute approximate surface area is 107 Å². The fourth-order valence-corrected chi connectivity index (χ4v) is 2.93. The van der Waals surface area contributed by atoms with Crippen LogP contribution in [0.25, 0.3) is 0 Å². The van der Waals surface area contributed by atoms with Crippen molar-refractivity contribution >= 4 is 33.7 Å². The monoisotopic (exact) mass is 347 g/mol. The Morgan fingerprint density at radius 1 is 1.60 bits per heavy atom. The molecule has 0 aliphatic rings. The Balaban J connectivity index is 4.18. The van der Waals surface area contributed by atoms with Crippen LogP contribution in [0.15, 0.2) is 12.7 Å². The normalized spacial score (nSPS) is 17.4. The number of alkyl halides is 1. The molecule has 2 atom stereocenters. The molecule has 0 amide bonds. The van der Waals surface area contributed by atoms with Crippen LogP contribution in [0.5, 0.6) is 0 Å². The number of aliphatic hydroxyl groups is 1. The van der Waals surface area contributed by atoms with Gasteiger partial charge in [-0.25, -0.2) is 4.21 Å². The van der Waals surface area contributed by atoms with E-state index in [0.29, 0.717) is 30.4 Å². The second-order valence-corrected chi connectivity index (χ2v) is 5.77. The van der Waals surface area contributed by atoms with Gasteiger partial charge in [0.2, 0.25) is 0 Å². The summed E-state index contributed by atoms with van der Waals surface area (Å²) in [4.78, 5) is 0.467. The van der Waals surface area contributed by atoms with Crippen molar-refractivity contribution < 1.29 is 13.9 Å². The minimum absolute atomic E-state index is 0.295. The van der Waals surface area contributed by atoms with Crippen LogP contribution in [-0.4, -0.2) is 48.3 Å². The molecule has 0 radical (unpaired) electrons. The Kier molecular flexibility index (Phi) is 7.98. The number of halogens is 1. The summed E-state index contributed by atoms with van der Waals surface area (Å²) in [5.41, 5.74) is 0. The summed E-state index contributed by atoms with van der Waals surface area (Å²) in [7, 11) is 1.88. The third-order valence-electron chi connectivity index (χ3n) is 2.14. The first-order valence-electron chi connectivity index (χ1n) is 4.65. The van der Waals surface area contributed by atoms with E-state index in [1.165, 1.54) is 0 Å². The zero-order valence-corrected chi connectivity index (χ0v) is 11.8. The van der Waals surface area contributed by atoms with Gasteiger partial charge in [-0.15, -0.1) is 6.58 Å². The van der Waals surface area contributed by atoms with E-state index < -0.39 is 16.0 Å². The van der Waals surface area contributed by atoms with E-state index in [0.717, 1.165) is 0 Å². The molecule has 0 spiro atoms. The van der Waals surface area contributed by atoms with Gasteiger partial charge in [0.05, 0.1) is 0 Å². The molecule has 0 aliphatic carbocycles. The lowest BCUT2D eigenvalue weighted by molar-refractivity contribution is 0.0994. The molecule has 0 aromatic carbocycles. The summed E-state index contributed by atoms with van der Waals surface area (Å²) in [6.45, 7) is 4.88. The average molecular weight is 347 g/mol. The van der Waals surface area contributed by atoms with E-state index in [1.807, 2.05) is 11.9 Å². The van der Waals surface area contributed by atoms with Crippen molar-refractivity contribution in [3.63, 3.8) is 0 Å². The molecule has 0 aliphatic heterocycles. The molecule has 4 nitrogen and oxygen atoms in total. The molecule has 0 saturated carbocycles. The first-order chi connectivity index (χ1) is 6.96. The van der Waals surface area contributed by atoms with Gasteiger partial charge < -0.3 is 14.6 Å². The van der Waals surface area contributed by atoms with Crippen LogP contribution in [0.2, 0.25) is 0 Å². The van der Waals surface area contributed by atoms with E-state index in [1.54, 1.807) is 6.08 Å². The SMILES string of the molecule is C=CCN(C)CCC(O)(CCI)S(=O)O. The molecule has 0 heterocycles. The summed E-state index contributed by atoms with van der Waals surface area (Å²) in [6, 6.07) is 0. The van der Waals surface area contributed by atoms with Gasteiger partial charge in [-0.1, -0.05) is 28.7 Å². The van der Waals surface area contributed by atoms with Gasteiger partial charge in [0.25, 0.3) is 0 Å². The van der Waals surface area contributed by atoms with E-state index in [9.17, 15) is 9.32 Å². The van der Waals surface area contributed by atoms with Crippen LogP contribution in [0, 0.1) is 0 Å². The molecular formula is C9H18INO3S. The lowest BCUT2D eigenvalue weighted by atomic mass is 10.2. The van der Waals surface area contributed by atoms with Gasteiger partial charge in [-0.05, 0) is 13.5 Å². The van der Waals surface area contributed by atoms with Crippen molar-refractivity contribution in [1.82, 2.24) is 4.90 Å². The van der Waals surface area contributed by atoms with Crippen molar-refractivity contribution in [2.75, 3.05) is 24.6 Å². The Morgan fingerprint density at radius 2 is 2.20 bits per heavy atom. The number of hydrogen-bond donors (Lipinski definition) is 2. The van der Waals surface area contributed by atoms with E-state index in [2.05, 4.69) is 29.2 Å². The summed E-state index contributed by atoms with van der Waals surface area (Å²) < 4.78 is 20.7. The molecule has 0 fully saturated rings. The van der Waals surface area contributed by atoms with Crippen molar-refractivity contribution in [1.29, 1.82) is 0 Å². The molecule has 0 aromatic rings. The summed E-state index contributed by atoms with van der Waals surface area (Å²) in [6.07, 6.45) is 2.38. The minimum Gasteiger partial charge on any atom is -0.374 e. The fourth-order valence-electron chi connectivity index (χ4n) is 1.12. The first-order valence-corrected chi connectivity index (χ1v) is 7.28. The van der Waals surface area contributed by atoms with Crippen molar-refractivity contribution in [2.45, 2.75) is 17.8 Å². The molecule has 2 N–H and O–H groups in total. The highest BCUT2D eigenvalue weighted by molar-refractivity contribution is 14.1. The standard InChI is InChI=1S/C9H18INO3S/c1-3-7-11(2)8-5-9(12,4-6-10)15(13)14/h3,12H,1,4-8H2,2H3,(H,13,14). The van der Waals surface area contributed by atoms with Crippen LogP contribution in [0.3, 0.4) is 0 Å². The van der Waals surface area contributed by atoms with Gasteiger partial charge in [0, 0.05) is 23.9 Å². The van der Waals surface area contributed by atoms with E-state index >= 15 is 0 Å². The Hall–Kier alpha value is 0.500. The van der Waals surface area contributed by atoms with Crippen molar-refractivity contribution in [3.8, 4) is 0 Å². The van der Waals surface area contributed by atoms with E-state index in [-0.39, 0.29) is 0 Å². The lowest BCUT2D eigenvalue weighted by Crippen LogP contribution is -2.38. The maximum Gasteiger partial charge on any atom is 0.185 e. The number of hydrogen-bond acceptors (Lipinski definition) is 3. The molecule has 15 heavy (non-hydrogen) atoms. The van der Waals surface area contributed by atoms with Gasteiger partial charge in [0.15, 0.2) is 16.0 Å². The highest BCUT2D eigenvalue weighted by atomic mass is 127. The number of likely N-dealkylation sites (N-methyl/N-ethyl adjacent to an activating group) is 1. The zero-order chi connectivity index (χ0) is 11.9. The highest BCUT2D eigenvalue weighted by Gasteiger charge is 2.32. The van der Waals surface area contributed by atoms with Crippen LogP contribution < -0.4 is 0 Å². The van der Waals surface area contributed by atoms with Crippen LogP contribution in [0.1, 0.15) is 12.8 Å². The molecule has 6 heteroatoms. The number of rotatable bonds is 8. The Morgan fingerprint density at radius 3 is 2.60 bits per heavy atom. The predicted molar refractivity (Wildman–Crippen MR) is 71.5 cm³/mol. The quantitative estimate of drug-likeness (QED) is 0.300. The van der Waals surface area contributed by atoms with Gasteiger partial charge in [-0.2, -0.15) is 0 Å². The summed E-state index contributed by atoms with van der Waals surface area (Å²) in [5.74, 6) is 0. The molecule has 0 aromatic heterocycles. The third kappa shape index (κ3) is 5.96. The second kappa shape index (κ2) is 7.72. The second-order valence-electron chi connectivity index (χ2n) is 3.44. The molecule has 90 valence electrons. The first kappa shape index (κ1) is 15.5. The molecule has 0 rings (SSSR count). The van der Waals surface area contributed by atoms with Crippen LogP contribution in [0.4, 0.5) is 0 Å². The third-order valence-corrected chi connectivity index (χ3v) is 3.73. The van der Waals surface area contributed by atoms with Gasteiger partial charge in [0.1, 0.15) is 0 Å². The van der Waals surface area contributed by atoms with Crippen LogP contribution >= 0.6 is 22.6 Å². The lowest BCUT2D eigenvalue weighted by Gasteiger charge is -2.25. The average Bonchev–Trinajstić information content (AvgIpc) is 2.15. The minimum atomic E-state index is -2.19. The van der Waals surface area contributed by atoms with Crippen molar-refractivity contribution in [2.24, 2.45) is 0 Å². The molecule has 0 saturated heterocycles. The van der Waals surface area contributed by atoms with E-state index in [4.69, 9.17) is 4.55 Å². The Bertz CT molecular complexity index is 227.